The number of hydrogen-bond acceptors (Lipinski definition) is 3. The molecule has 3 nitrogen and oxygen atoms in total. The van der Waals surface area contributed by atoms with Crippen molar-refractivity contribution in [3.05, 3.63) is 23.9 Å². The lowest BCUT2D eigenvalue weighted by molar-refractivity contribution is 0.771. The van der Waals surface area contributed by atoms with E-state index < -0.39 is 0 Å². The molecule has 1 aliphatic carbocycles. The fourth-order valence-corrected chi connectivity index (χ4v) is 1.67. The number of pyridine rings is 1. The molecule has 1 fully saturated rings. The van der Waals surface area contributed by atoms with E-state index in [-0.39, 0.29) is 6.04 Å². The monoisotopic (exact) mass is 205 g/mol. The van der Waals surface area contributed by atoms with Gasteiger partial charge >= 0.3 is 0 Å². The van der Waals surface area contributed by atoms with E-state index in [1.54, 1.807) is 0 Å². The fraction of sp³-hybridized carbons (Fsp3) is 0.583. The number of hydrogen-bond donors (Lipinski definition) is 1. The molecular weight excluding hydrogens is 186 g/mol. The Kier molecular flexibility index (Phi) is 2.91. The van der Waals surface area contributed by atoms with Gasteiger partial charge in [-0.25, -0.2) is 4.98 Å². The van der Waals surface area contributed by atoms with E-state index in [9.17, 15) is 0 Å². The van der Waals surface area contributed by atoms with Crippen LogP contribution in [0.2, 0.25) is 0 Å². The molecule has 1 aromatic rings. The predicted octanol–water partition coefficient (Wildman–Crippen LogP) is 1.95. The van der Waals surface area contributed by atoms with Crippen molar-refractivity contribution in [2.75, 3.05) is 18.5 Å². The normalized spacial score (nSPS) is 17.5. The first-order chi connectivity index (χ1) is 7.16. The van der Waals surface area contributed by atoms with Crippen molar-refractivity contribution < 1.29 is 0 Å². The van der Waals surface area contributed by atoms with Crippen molar-refractivity contribution in [3.63, 3.8) is 0 Å². The topological polar surface area (TPSA) is 42.1 Å². The third-order valence-corrected chi connectivity index (χ3v) is 2.92. The highest BCUT2D eigenvalue weighted by atomic mass is 15.2. The highest BCUT2D eigenvalue weighted by molar-refractivity contribution is 5.39. The highest BCUT2D eigenvalue weighted by Gasteiger charge is 2.23. The van der Waals surface area contributed by atoms with Gasteiger partial charge in [-0.2, -0.15) is 0 Å². The van der Waals surface area contributed by atoms with Gasteiger partial charge in [0.2, 0.25) is 0 Å². The smallest absolute Gasteiger partial charge is 0.128 e. The molecule has 0 unspecified atom stereocenters. The summed E-state index contributed by atoms with van der Waals surface area (Å²) >= 11 is 0. The summed E-state index contributed by atoms with van der Waals surface area (Å²) in [5.41, 5.74) is 6.87. The minimum atomic E-state index is 0.0697. The molecule has 0 spiro atoms. The Morgan fingerprint density at radius 2 is 2.27 bits per heavy atom. The largest absolute Gasteiger partial charge is 0.359 e. The van der Waals surface area contributed by atoms with Crippen molar-refractivity contribution in [1.82, 2.24) is 4.98 Å². The predicted molar refractivity (Wildman–Crippen MR) is 62.8 cm³/mol. The molecule has 1 atom stereocenters. The lowest BCUT2D eigenvalue weighted by Gasteiger charge is -2.18. The summed E-state index contributed by atoms with van der Waals surface area (Å²) in [6, 6.07) is 4.19. The molecule has 2 rings (SSSR count). The summed E-state index contributed by atoms with van der Waals surface area (Å²) < 4.78 is 0. The zero-order chi connectivity index (χ0) is 10.8. The van der Waals surface area contributed by atoms with Crippen LogP contribution in [0.15, 0.2) is 18.3 Å². The zero-order valence-corrected chi connectivity index (χ0v) is 9.48. The molecule has 0 amide bonds. The van der Waals surface area contributed by atoms with Crippen LogP contribution in [0.25, 0.3) is 0 Å². The van der Waals surface area contributed by atoms with Gasteiger partial charge in [-0.3, -0.25) is 0 Å². The SMILES string of the molecule is C[C@H](N)c1ccc(N(C)CC2CC2)nc1. The van der Waals surface area contributed by atoms with Gasteiger partial charge in [-0.05, 0) is 37.3 Å². The molecule has 0 bridgehead atoms. The van der Waals surface area contributed by atoms with Crippen LogP contribution in [0.4, 0.5) is 5.82 Å². The van der Waals surface area contributed by atoms with Gasteiger partial charge in [0, 0.05) is 25.8 Å². The second kappa shape index (κ2) is 4.19. The number of anilines is 1. The van der Waals surface area contributed by atoms with E-state index in [0.717, 1.165) is 23.8 Å². The van der Waals surface area contributed by atoms with Crippen molar-refractivity contribution in [1.29, 1.82) is 0 Å². The van der Waals surface area contributed by atoms with Crippen LogP contribution in [-0.2, 0) is 0 Å². The molecule has 0 saturated heterocycles. The molecule has 1 aromatic heterocycles. The zero-order valence-electron chi connectivity index (χ0n) is 9.48. The molecule has 1 saturated carbocycles. The summed E-state index contributed by atoms with van der Waals surface area (Å²) in [5.74, 6) is 1.94. The molecular formula is C12H19N3. The van der Waals surface area contributed by atoms with Gasteiger partial charge in [-0.15, -0.1) is 0 Å². The first-order valence-electron chi connectivity index (χ1n) is 5.59. The average Bonchev–Trinajstić information content (AvgIpc) is 3.02. The Hall–Kier alpha value is -1.09. The van der Waals surface area contributed by atoms with Crippen molar-refractivity contribution >= 4 is 5.82 Å². The van der Waals surface area contributed by atoms with Crippen LogP contribution >= 0.6 is 0 Å². The third kappa shape index (κ3) is 2.69. The molecule has 3 heteroatoms. The van der Waals surface area contributed by atoms with Crippen molar-refractivity contribution in [2.45, 2.75) is 25.8 Å². The van der Waals surface area contributed by atoms with E-state index in [4.69, 9.17) is 5.73 Å². The van der Waals surface area contributed by atoms with Crippen molar-refractivity contribution in [3.8, 4) is 0 Å². The Balaban J connectivity index is 2.01. The first kappa shape index (κ1) is 10.4. The third-order valence-electron chi connectivity index (χ3n) is 2.92. The quantitative estimate of drug-likeness (QED) is 0.817. The molecule has 2 N–H and O–H groups in total. The van der Waals surface area contributed by atoms with Gasteiger partial charge in [0.25, 0.3) is 0 Å². The Labute approximate surface area is 91.3 Å². The Bertz CT molecular complexity index is 314. The van der Waals surface area contributed by atoms with Gasteiger partial charge in [0.1, 0.15) is 5.82 Å². The fourth-order valence-electron chi connectivity index (χ4n) is 1.67. The summed E-state index contributed by atoms with van der Waals surface area (Å²) in [5, 5.41) is 0. The van der Waals surface area contributed by atoms with E-state index in [1.807, 2.05) is 13.1 Å². The Morgan fingerprint density at radius 1 is 1.53 bits per heavy atom. The summed E-state index contributed by atoms with van der Waals surface area (Å²) in [6.07, 6.45) is 4.63. The molecule has 1 heterocycles. The van der Waals surface area contributed by atoms with Gasteiger partial charge < -0.3 is 10.6 Å². The van der Waals surface area contributed by atoms with Crippen molar-refractivity contribution in [2.24, 2.45) is 11.7 Å². The van der Waals surface area contributed by atoms with E-state index in [1.165, 1.54) is 12.8 Å². The van der Waals surface area contributed by atoms with E-state index in [2.05, 4.69) is 29.1 Å². The molecule has 0 radical (unpaired) electrons. The molecule has 82 valence electrons. The van der Waals surface area contributed by atoms with Crippen LogP contribution in [-0.4, -0.2) is 18.6 Å². The van der Waals surface area contributed by atoms with Crippen LogP contribution in [0.5, 0.6) is 0 Å². The highest BCUT2D eigenvalue weighted by Crippen LogP contribution is 2.30. The molecule has 15 heavy (non-hydrogen) atoms. The first-order valence-corrected chi connectivity index (χ1v) is 5.59. The number of nitrogens with zero attached hydrogens (tertiary/aromatic N) is 2. The minimum Gasteiger partial charge on any atom is -0.359 e. The van der Waals surface area contributed by atoms with E-state index in [0.29, 0.717) is 0 Å². The lowest BCUT2D eigenvalue weighted by atomic mass is 10.1. The second-order valence-corrected chi connectivity index (χ2v) is 4.56. The molecule has 0 aliphatic heterocycles. The maximum Gasteiger partial charge on any atom is 0.128 e. The molecule has 0 aromatic carbocycles. The van der Waals surface area contributed by atoms with Gasteiger partial charge in [0.05, 0.1) is 0 Å². The van der Waals surface area contributed by atoms with Crippen LogP contribution in [0, 0.1) is 5.92 Å². The van der Waals surface area contributed by atoms with Gasteiger partial charge in [0.15, 0.2) is 0 Å². The van der Waals surface area contributed by atoms with Crippen LogP contribution < -0.4 is 10.6 Å². The lowest BCUT2D eigenvalue weighted by Crippen LogP contribution is -2.21. The summed E-state index contributed by atoms with van der Waals surface area (Å²) in [6.45, 7) is 3.11. The number of aromatic nitrogens is 1. The second-order valence-electron chi connectivity index (χ2n) is 4.56. The number of nitrogens with two attached hydrogens (primary N) is 1. The summed E-state index contributed by atoms with van der Waals surface area (Å²) in [4.78, 5) is 6.65. The average molecular weight is 205 g/mol. The summed E-state index contributed by atoms with van der Waals surface area (Å²) in [7, 11) is 2.10. The van der Waals surface area contributed by atoms with Crippen LogP contribution in [0.3, 0.4) is 0 Å². The standard InChI is InChI=1S/C12H19N3/c1-9(13)11-5-6-12(14-7-11)15(2)8-10-3-4-10/h5-7,9-10H,3-4,8,13H2,1-2H3/t9-/m0/s1. The van der Waals surface area contributed by atoms with E-state index >= 15 is 0 Å². The van der Waals surface area contributed by atoms with Crippen LogP contribution in [0.1, 0.15) is 31.4 Å². The maximum atomic E-state index is 5.78. The minimum absolute atomic E-state index is 0.0697. The van der Waals surface area contributed by atoms with Gasteiger partial charge in [-0.1, -0.05) is 6.07 Å². The Morgan fingerprint density at radius 3 is 2.73 bits per heavy atom. The molecule has 1 aliphatic rings. The maximum absolute atomic E-state index is 5.78. The number of rotatable bonds is 4.